The number of benzene rings is 2. The first-order valence-electron chi connectivity index (χ1n) is 10.4. The summed E-state index contributed by atoms with van der Waals surface area (Å²) in [5.74, 6) is 0. The van der Waals surface area contributed by atoms with Crippen molar-refractivity contribution in [2.75, 3.05) is 26.2 Å². The molecule has 0 aliphatic rings. The number of hydrogen-bond donors (Lipinski definition) is 3. The van der Waals surface area contributed by atoms with E-state index in [-0.39, 0.29) is 6.61 Å². The van der Waals surface area contributed by atoms with Crippen LogP contribution in [0.25, 0.3) is 21.8 Å². The second-order valence-electron chi connectivity index (χ2n) is 7.84. The van der Waals surface area contributed by atoms with Crippen molar-refractivity contribution in [1.29, 1.82) is 0 Å². The lowest BCUT2D eigenvalue weighted by Gasteiger charge is -2.27. The number of rotatable bonds is 10. The lowest BCUT2D eigenvalue weighted by Crippen LogP contribution is -2.41. The lowest BCUT2D eigenvalue weighted by molar-refractivity contribution is 0.0485. The van der Waals surface area contributed by atoms with Crippen LogP contribution in [0, 0.1) is 0 Å². The predicted octanol–water partition coefficient (Wildman–Crippen LogP) is 2.31. The zero-order chi connectivity index (χ0) is 20.9. The van der Waals surface area contributed by atoms with Crippen LogP contribution in [0.5, 0.6) is 0 Å². The highest BCUT2D eigenvalue weighted by Gasteiger charge is 2.17. The van der Waals surface area contributed by atoms with Crippen molar-refractivity contribution in [1.82, 2.24) is 14.0 Å². The van der Waals surface area contributed by atoms with Gasteiger partial charge in [0.2, 0.25) is 0 Å². The summed E-state index contributed by atoms with van der Waals surface area (Å²) in [6.07, 6.45) is 2.76. The largest absolute Gasteiger partial charge is 0.395 e. The van der Waals surface area contributed by atoms with Gasteiger partial charge in [-0.25, -0.2) is 0 Å². The van der Waals surface area contributed by atoms with Gasteiger partial charge in [-0.05, 0) is 35.0 Å². The van der Waals surface area contributed by atoms with Crippen LogP contribution in [-0.4, -0.2) is 67.8 Å². The summed E-state index contributed by atoms with van der Waals surface area (Å²) < 4.78 is 4.08. The molecule has 0 radical (unpaired) electrons. The van der Waals surface area contributed by atoms with Gasteiger partial charge in [0, 0.05) is 56.2 Å². The van der Waals surface area contributed by atoms with Crippen LogP contribution in [0.15, 0.2) is 73.1 Å². The van der Waals surface area contributed by atoms with Gasteiger partial charge in [-0.2, -0.15) is 0 Å². The van der Waals surface area contributed by atoms with Crippen molar-refractivity contribution in [3.8, 4) is 0 Å². The molecule has 0 fully saturated rings. The molecule has 3 N–H and O–H groups in total. The van der Waals surface area contributed by atoms with E-state index in [2.05, 4.69) is 12.1 Å². The molecule has 6 nitrogen and oxygen atoms in total. The summed E-state index contributed by atoms with van der Waals surface area (Å²) >= 11 is 0. The number of fused-ring (bicyclic) bond motifs is 2. The number of aliphatic hydroxyl groups excluding tert-OH is 3. The van der Waals surface area contributed by atoms with Gasteiger partial charge in [0.05, 0.1) is 18.8 Å². The zero-order valence-corrected chi connectivity index (χ0v) is 17.0. The smallest absolute Gasteiger partial charge is 0.0845 e. The SMILES string of the molecule is OCCN(C[C@H](O)Cn1ccc2ccccc21)C[C@H](O)Cn1ccc2ccccc21. The van der Waals surface area contributed by atoms with Crippen molar-refractivity contribution >= 4 is 21.8 Å². The maximum Gasteiger partial charge on any atom is 0.0845 e. The standard InChI is InChI=1S/C24H29N3O3/c28-14-13-25(15-21(29)17-26-11-9-19-5-1-3-7-23(19)26)16-22(30)18-27-12-10-20-6-2-4-8-24(20)27/h1-12,21-22,28-30H,13-18H2/t21-,22-/m0/s1. The third-order valence-electron chi connectivity index (χ3n) is 5.53. The highest BCUT2D eigenvalue weighted by atomic mass is 16.3. The Balaban J connectivity index is 1.36. The summed E-state index contributed by atoms with van der Waals surface area (Å²) in [6, 6.07) is 20.3. The maximum atomic E-state index is 10.7. The lowest BCUT2D eigenvalue weighted by atomic mass is 10.2. The van der Waals surface area contributed by atoms with Crippen LogP contribution in [0.3, 0.4) is 0 Å². The number of nitrogens with zero attached hydrogens (tertiary/aromatic N) is 3. The van der Waals surface area contributed by atoms with Crippen molar-refractivity contribution in [3.05, 3.63) is 73.1 Å². The molecular formula is C24H29N3O3. The van der Waals surface area contributed by atoms with E-state index in [4.69, 9.17) is 0 Å². The summed E-state index contributed by atoms with van der Waals surface area (Å²) in [6.45, 7) is 2.10. The summed E-state index contributed by atoms with van der Waals surface area (Å²) in [7, 11) is 0. The van der Waals surface area contributed by atoms with Gasteiger partial charge in [0.15, 0.2) is 0 Å². The Morgan fingerprint density at radius 2 is 1.17 bits per heavy atom. The highest BCUT2D eigenvalue weighted by molar-refractivity contribution is 5.80. The predicted molar refractivity (Wildman–Crippen MR) is 119 cm³/mol. The summed E-state index contributed by atoms with van der Waals surface area (Å²) in [5, 5.41) is 33.0. The quantitative estimate of drug-likeness (QED) is 0.377. The minimum atomic E-state index is -0.605. The van der Waals surface area contributed by atoms with E-state index in [1.54, 1.807) is 0 Å². The van der Waals surface area contributed by atoms with Crippen molar-refractivity contribution in [2.45, 2.75) is 25.3 Å². The average Bonchev–Trinajstić information content (AvgIpc) is 3.33. The molecule has 2 atom stereocenters. The number of hydrogen-bond acceptors (Lipinski definition) is 4. The van der Waals surface area contributed by atoms with Crippen LogP contribution in [0.4, 0.5) is 0 Å². The molecular weight excluding hydrogens is 378 g/mol. The number of aromatic nitrogens is 2. The molecule has 4 rings (SSSR count). The topological polar surface area (TPSA) is 73.8 Å². The Labute approximate surface area is 176 Å². The molecule has 4 aromatic rings. The molecule has 158 valence electrons. The molecule has 0 saturated carbocycles. The van der Waals surface area contributed by atoms with E-state index in [0.29, 0.717) is 32.7 Å². The fourth-order valence-electron chi connectivity index (χ4n) is 4.16. The van der Waals surface area contributed by atoms with Crippen LogP contribution < -0.4 is 0 Å². The molecule has 0 aliphatic carbocycles. The van der Waals surface area contributed by atoms with Crippen LogP contribution in [-0.2, 0) is 13.1 Å². The summed E-state index contributed by atoms with van der Waals surface area (Å²) in [5.41, 5.74) is 2.18. The zero-order valence-electron chi connectivity index (χ0n) is 17.0. The van der Waals surface area contributed by atoms with Crippen molar-refractivity contribution in [3.63, 3.8) is 0 Å². The minimum Gasteiger partial charge on any atom is -0.395 e. The third kappa shape index (κ3) is 4.74. The molecule has 2 aromatic carbocycles. The fourth-order valence-corrected chi connectivity index (χ4v) is 4.16. The molecule has 2 aromatic heterocycles. The monoisotopic (exact) mass is 407 g/mol. The molecule has 0 aliphatic heterocycles. The number of aliphatic hydroxyl groups is 3. The first-order chi connectivity index (χ1) is 14.6. The van der Waals surface area contributed by atoms with Gasteiger partial charge in [-0.15, -0.1) is 0 Å². The minimum absolute atomic E-state index is 0.0155. The number of para-hydroxylation sites is 2. The van der Waals surface area contributed by atoms with Crippen LogP contribution in [0.1, 0.15) is 0 Å². The van der Waals surface area contributed by atoms with Gasteiger partial charge in [0.25, 0.3) is 0 Å². The molecule has 2 heterocycles. The molecule has 0 bridgehead atoms. The Morgan fingerprint density at radius 1 is 0.700 bits per heavy atom. The van der Waals surface area contributed by atoms with E-state index in [9.17, 15) is 15.3 Å². The highest BCUT2D eigenvalue weighted by Crippen LogP contribution is 2.17. The van der Waals surface area contributed by atoms with Gasteiger partial charge in [0.1, 0.15) is 0 Å². The van der Waals surface area contributed by atoms with Crippen molar-refractivity contribution in [2.24, 2.45) is 0 Å². The first kappa shape index (κ1) is 20.6. The first-order valence-corrected chi connectivity index (χ1v) is 10.4. The van der Waals surface area contributed by atoms with E-state index in [1.807, 2.05) is 75.0 Å². The normalized spacial score (nSPS) is 14.0. The van der Waals surface area contributed by atoms with E-state index in [0.717, 1.165) is 21.8 Å². The van der Waals surface area contributed by atoms with Gasteiger partial charge in [-0.3, -0.25) is 4.90 Å². The Kier molecular flexibility index (Phi) is 6.50. The Hall–Kier alpha value is -2.64. The second kappa shape index (κ2) is 9.45. The fraction of sp³-hybridized carbons (Fsp3) is 0.333. The average molecular weight is 408 g/mol. The van der Waals surface area contributed by atoms with Crippen LogP contribution in [0.2, 0.25) is 0 Å². The van der Waals surface area contributed by atoms with Crippen LogP contribution >= 0.6 is 0 Å². The molecule has 0 amide bonds. The third-order valence-corrected chi connectivity index (χ3v) is 5.53. The molecule has 30 heavy (non-hydrogen) atoms. The van der Waals surface area contributed by atoms with E-state index < -0.39 is 12.2 Å². The van der Waals surface area contributed by atoms with Crippen molar-refractivity contribution < 1.29 is 15.3 Å². The van der Waals surface area contributed by atoms with E-state index >= 15 is 0 Å². The van der Waals surface area contributed by atoms with E-state index in [1.165, 1.54) is 0 Å². The molecule has 0 unspecified atom stereocenters. The van der Waals surface area contributed by atoms with Gasteiger partial charge < -0.3 is 24.5 Å². The molecule has 0 spiro atoms. The Morgan fingerprint density at radius 3 is 1.63 bits per heavy atom. The van der Waals surface area contributed by atoms with Gasteiger partial charge in [-0.1, -0.05) is 36.4 Å². The molecule has 0 saturated heterocycles. The van der Waals surface area contributed by atoms with Gasteiger partial charge >= 0.3 is 0 Å². The summed E-state index contributed by atoms with van der Waals surface area (Å²) in [4.78, 5) is 1.92. The second-order valence-corrected chi connectivity index (χ2v) is 7.84. The Bertz CT molecular complexity index is 1000. The maximum absolute atomic E-state index is 10.7. The molecule has 6 heteroatoms.